The lowest BCUT2D eigenvalue weighted by molar-refractivity contribution is -0.127. The number of nitrogens with one attached hydrogen (secondary N) is 1. The van der Waals surface area contributed by atoms with Crippen LogP contribution in [0.2, 0.25) is 0 Å². The third-order valence-electron chi connectivity index (χ3n) is 7.01. The van der Waals surface area contributed by atoms with Crippen molar-refractivity contribution in [2.75, 3.05) is 6.54 Å². The van der Waals surface area contributed by atoms with E-state index < -0.39 is 0 Å². The first kappa shape index (κ1) is 18.4. The molecule has 3 fully saturated rings. The predicted molar refractivity (Wildman–Crippen MR) is 106 cm³/mol. The number of fused-ring (bicyclic) bond motifs is 2. The predicted octanol–water partition coefficient (Wildman–Crippen LogP) is 4.00. The molecular formula is C21H33N3OS. The minimum Gasteiger partial charge on any atom is -0.355 e. The number of aromatic nitrogens is 1. The van der Waals surface area contributed by atoms with E-state index in [4.69, 9.17) is 10.7 Å². The number of rotatable bonds is 5. The number of hydrogen-bond acceptors (Lipinski definition) is 4. The minimum atomic E-state index is 0.180. The van der Waals surface area contributed by atoms with E-state index in [0.717, 1.165) is 19.3 Å². The molecule has 2 bridgehead atoms. The van der Waals surface area contributed by atoms with Crippen molar-refractivity contribution >= 4 is 17.2 Å². The Hall–Kier alpha value is -0.940. The summed E-state index contributed by atoms with van der Waals surface area (Å²) in [5.74, 6) is 2.23. The second kappa shape index (κ2) is 8.39. The highest BCUT2D eigenvalue weighted by molar-refractivity contribution is 7.09. The molecule has 2 unspecified atom stereocenters. The Balaban J connectivity index is 1.23. The standard InChI is InChI=1S/C21H33N3OS/c22-20-15-7-4-8-16(20)12-17(11-15)21(25)23-10-9-19-24-18(13-26-19)14-5-2-1-3-6-14/h13-17,20H,1-12,22H2,(H,23,25). The maximum absolute atomic E-state index is 12.6. The molecule has 4 rings (SSSR count). The van der Waals surface area contributed by atoms with E-state index in [9.17, 15) is 4.79 Å². The van der Waals surface area contributed by atoms with Crippen molar-refractivity contribution in [3.63, 3.8) is 0 Å². The second-order valence-electron chi connectivity index (χ2n) is 8.74. The topological polar surface area (TPSA) is 68.0 Å². The highest BCUT2D eigenvalue weighted by Crippen LogP contribution is 2.41. The first-order chi connectivity index (χ1) is 12.7. The monoisotopic (exact) mass is 375 g/mol. The zero-order valence-corrected chi connectivity index (χ0v) is 16.6. The van der Waals surface area contributed by atoms with E-state index in [0.29, 0.717) is 30.3 Å². The lowest BCUT2D eigenvalue weighted by Gasteiger charge is -2.43. The van der Waals surface area contributed by atoms with Crippen molar-refractivity contribution in [2.24, 2.45) is 23.5 Å². The molecular weight excluding hydrogens is 342 g/mol. The van der Waals surface area contributed by atoms with Crippen LogP contribution in [0.1, 0.15) is 80.8 Å². The van der Waals surface area contributed by atoms with Crippen molar-refractivity contribution in [2.45, 2.75) is 82.6 Å². The van der Waals surface area contributed by atoms with E-state index in [1.54, 1.807) is 11.3 Å². The molecule has 5 heteroatoms. The Kier molecular flexibility index (Phi) is 5.94. The highest BCUT2D eigenvalue weighted by atomic mass is 32.1. The quantitative estimate of drug-likeness (QED) is 0.817. The molecule has 26 heavy (non-hydrogen) atoms. The Morgan fingerprint density at radius 2 is 1.85 bits per heavy atom. The zero-order chi connectivity index (χ0) is 17.9. The summed E-state index contributed by atoms with van der Waals surface area (Å²) in [5.41, 5.74) is 7.64. The van der Waals surface area contributed by atoms with Crippen LogP contribution in [0.3, 0.4) is 0 Å². The molecule has 2 atom stereocenters. The molecule has 0 saturated heterocycles. The maximum atomic E-state index is 12.6. The fourth-order valence-corrected chi connectivity index (χ4v) is 6.35. The summed E-state index contributed by atoms with van der Waals surface area (Å²) < 4.78 is 0. The van der Waals surface area contributed by atoms with Gasteiger partial charge in [0.15, 0.2) is 0 Å². The number of nitrogens with two attached hydrogens (primary N) is 1. The van der Waals surface area contributed by atoms with Gasteiger partial charge in [-0.3, -0.25) is 4.79 Å². The largest absolute Gasteiger partial charge is 0.355 e. The molecule has 1 heterocycles. The summed E-state index contributed by atoms with van der Waals surface area (Å²) >= 11 is 1.77. The van der Waals surface area contributed by atoms with Gasteiger partial charge in [0.25, 0.3) is 0 Å². The van der Waals surface area contributed by atoms with Crippen molar-refractivity contribution in [3.8, 4) is 0 Å². The normalized spacial score (nSPS) is 32.3. The number of nitrogens with zero attached hydrogens (tertiary/aromatic N) is 1. The fraction of sp³-hybridized carbons (Fsp3) is 0.810. The van der Waals surface area contributed by atoms with Gasteiger partial charge in [-0.2, -0.15) is 0 Å². The minimum absolute atomic E-state index is 0.180. The van der Waals surface area contributed by atoms with Gasteiger partial charge in [-0.1, -0.05) is 25.7 Å². The first-order valence-electron chi connectivity index (χ1n) is 10.7. The lowest BCUT2D eigenvalue weighted by Crippen LogP contribution is -2.49. The van der Waals surface area contributed by atoms with E-state index in [2.05, 4.69) is 10.7 Å². The van der Waals surface area contributed by atoms with E-state index in [-0.39, 0.29) is 11.8 Å². The number of carbonyl (C=O) groups excluding carboxylic acids is 1. The van der Waals surface area contributed by atoms with Crippen LogP contribution >= 0.6 is 11.3 Å². The van der Waals surface area contributed by atoms with Gasteiger partial charge < -0.3 is 11.1 Å². The molecule has 1 amide bonds. The van der Waals surface area contributed by atoms with Crippen LogP contribution < -0.4 is 11.1 Å². The van der Waals surface area contributed by atoms with Gasteiger partial charge >= 0.3 is 0 Å². The van der Waals surface area contributed by atoms with Crippen LogP contribution in [-0.4, -0.2) is 23.5 Å². The van der Waals surface area contributed by atoms with E-state index >= 15 is 0 Å². The highest BCUT2D eigenvalue weighted by Gasteiger charge is 2.40. The molecule has 0 aliphatic heterocycles. The number of amides is 1. The van der Waals surface area contributed by atoms with Gasteiger partial charge in [-0.25, -0.2) is 4.98 Å². The van der Waals surface area contributed by atoms with Crippen LogP contribution in [-0.2, 0) is 11.2 Å². The molecule has 4 nitrogen and oxygen atoms in total. The van der Waals surface area contributed by atoms with Gasteiger partial charge in [0, 0.05) is 36.2 Å². The Morgan fingerprint density at radius 1 is 1.12 bits per heavy atom. The molecule has 3 aliphatic rings. The maximum Gasteiger partial charge on any atom is 0.223 e. The molecule has 0 aromatic carbocycles. The third kappa shape index (κ3) is 4.14. The van der Waals surface area contributed by atoms with Crippen molar-refractivity contribution in [1.29, 1.82) is 0 Å². The van der Waals surface area contributed by atoms with Crippen molar-refractivity contribution in [1.82, 2.24) is 10.3 Å². The Bertz CT molecular complexity index is 596. The smallest absolute Gasteiger partial charge is 0.223 e. The fourth-order valence-electron chi connectivity index (χ4n) is 5.47. The Morgan fingerprint density at radius 3 is 2.58 bits per heavy atom. The summed E-state index contributed by atoms with van der Waals surface area (Å²) in [5, 5.41) is 6.60. The summed E-state index contributed by atoms with van der Waals surface area (Å²) in [6, 6.07) is 0.335. The molecule has 3 saturated carbocycles. The van der Waals surface area contributed by atoms with Crippen LogP contribution in [0, 0.1) is 17.8 Å². The van der Waals surface area contributed by atoms with Crippen LogP contribution in [0.25, 0.3) is 0 Å². The van der Waals surface area contributed by atoms with Gasteiger partial charge in [0.1, 0.15) is 0 Å². The average molecular weight is 376 g/mol. The van der Waals surface area contributed by atoms with E-state index in [1.807, 2.05) is 0 Å². The zero-order valence-electron chi connectivity index (χ0n) is 15.8. The molecule has 0 spiro atoms. The molecule has 144 valence electrons. The summed E-state index contributed by atoms with van der Waals surface area (Å²) in [4.78, 5) is 17.5. The van der Waals surface area contributed by atoms with Crippen molar-refractivity contribution < 1.29 is 4.79 Å². The second-order valence-corrected chi connectivity index (χ2v) is 9.68. The van der Waals surface area contributed by atoms with Gasteiger partial charge in [-0.15, -0.1) is 11.3 Å². The summed E-state index contributed by atoms with van der Waals surface area (Å²) in [6.07, 6.45) is 13.2. The summed E-state index contributed by atoms with van der Waals surface area (Å²) in [6.45, 7) is 0.717. The SMILES string of the molecule is NC1C2CCCC1CC(C(=O)NCCc1nc(C3CCCCC3)cs1)C2. The van der Waals surface area contributed by atoms with Crippen molar-refractivity contribution in [3.05, 3.63) is 16.1 Å². The van der Waals surface area contributed by atoms with Crippen LogP contribution in [0.15, 0.2) is 5.38 Å². The number of carbonyl (C=O) groups is 1. The molecule has 0 radical (unpaired) electrons. The van der Waals surface area contributed by atoms with Gasteiger partial charge in [-0.05, 0) is 50.4 Å². The summed E-state index contributed by atoms with van der Waals surface area (Å²) in [7, 11) is 0. The van der Waals surface area contributed by atoms with Crippen LogP contribution in [0.4, 0.5) is 0 Å². The Labute approximate surface area is 161 Å². The average Bonchev–Trinajstić information content (AvgIpc) is 3.11. The number of hydrogen-bond donors (Lipinski definition) is 2. The van der Waals surface area contributed by atoms with E-state index in [1.165, 1.54) is 62.1 Å². The van der Waals surface area contributed by atoms with Gasteiger partial charge in [0.05, 0.1) is 10.7 Å². The molecule has 3 aliphatic carbocycles. The first-order valence-corrected chi connectivity index (χ1v) is 11.6. The molecule has 1 aromatic heterocycles. The third-order valence-corrected chi connectivity index (χ3v) is 7.94. The molecule has 3 N–H and O–H groups in total. The van der Waals surface area contributed by atoms with Gasteiger partial charge in [0.2, 0.25) is 5.91 Å². The molecule has 1 aromatic rings. The lowest BCUT2D eigenvalue weighted by atomic mass is 9.65. The van der Waals surface area contributed by atoms with Crippen LogP contribution in [0.5, 0.6) is 0 Å². The number of thiazole rings is 1.